The van der Waals surface area contributed by atoms with Gasteiger partial charge in [0.25, 0.3) is 0 Å². The minimum absolute atomic E-state index is 0.00960. The molecule has 1 aliphatic rings. The second-order valence-corrected chi connectivity index (χ2v) is 8.70. The van der Waals surface area contributed by atoms with Gasteiger partial charge >= 0.3 is 0 Å². The Kier molecular flexibility index (Phi) is 7.71. The number of piperidine rings is 1. The van der Waals surface area contributed by atoms with Gasteiger partial charge in [-0.3, -0.25) is 9.59 Å². The summed E-state index contributed by atoms with van der Waals surface area (Å²) in [6.45, 7) is 2.38. The predicted octanol–water partition coefficient (Wildman–Crippen LogP) is 2.94. The summed E-state index contributed by atoms with van der Waals surface area (Å²) in [4.78, 5) is 31.6. The molecule has 2 aromatic carbocycles. The van der Waals surface area contributed by atoms with Crippen molar-refractivity contribution in [3.05, 3.63) is 89.5 Å². The number of aromatic nitrogens is 2. The summed E-state index contributed by atoms with van der Waals surface area (Å²) in [5.74, 6) is -0.0807. The van der Waals surface area contributed by atoms with Crippen molar-refractivity contribution in [2.24, 2.45) is 5.92 Å². The first-order valence-corrected chi connectivity index (χ1v) is 11.7. The van der Waals surface area contributed by atoms with Gasteiger partial charge < -0.3 is 14.8 Å². The van der Waals surface area contributed by atoms with Gasteiger partial charge in [-0.05, 0) is 36.1 Å². The highest BCUT2D eigenvalue weighted by molar-refractivity contribution is 5.82. The molecule has 174 valence electrons. The van der Waals surface area contributed by atoms with Gasteiger partial charge in [0.05, 0.1) is 30.3 Å². The molecular weight excluding hydrogens is 426 g/mol. The van der Waals surface area contributed by atoms with Crippen LogP contribution in [0.25, 0.3) is 0 Å². The van der Waals surface area contributed by atoms with Crippen molar-refractivity contribution in [1.82, 2.24) is 19.8 Å². The molecule has 2 heterocycles. The molecule has 7 nitrogen and oxygen atoms in total. The van der Waals surface area contributed by atoms with E-state index in [2.05, 4.69) is 20.9 Å². The molecule has 1 unspecified atom stereocenters. The van der Waals surface area contributed by atoms with Crippen LogP contribution >= 0.6 is 0 Å². The molecule has 0 radical (unpaired) electrons. The predicted molar refractivity (Wildman–Crippen MR) is 129 cm³/mol. The molecule has 0 spiro atoms. The Hall–Kier alpha value is -3.92. The number of nitrogens with zero attached hydrogens (tertiary/aromatic N) is 4. The van der Waals surface area contributed by atoms with E-state index in [0.29, 0.717) is 44.6 Å². The Balaban J connectivity index is 1.25. The van der Waals surface area contributed by atoms with Gasteiger partial charge in [-0.25, -0.2) is 4.98 Å². The first-order chi connectivity index (χ1) is 16.6. The second kappa shape index (κ2) is 11.3. The standard InChI is InChI=1S/C27H29N5O2/c28-16-22-8-10-23(11-9-22)18-32-20-29-17-25(32)12-13-30-27(34)24-7-4-14-31(19-24)26(33)15-21-5-2-1-3-6-21/h1-3,5-6,8-11,17,20,24H,4,7,12-15,18-19H2,(H,30,34). The summed E-state index contributed by atoms with van der Waals surface area (Å²) < 4.78 is 2.05. The number of nitrogens with one attached hydrogen (secondary N) is 1. The maximum Gasteiger partial charge on any atom is 0.227 e. The first kappa shape index (κ1) is 23.2. The quantitative estimate of drug-likeness (QED) is 0.565. The number of hydrogen-bond acceptors (Lipinski definition) is 4. The summed E-state index contributed by atoms with van der Waals surface area (Å²) in [7, 11) is 0. The fraction of sp³-hybridized carbons (Fsp3) is 0.333. The number of carbonyl (C=O) groups excluding carboxylic acids is 2. The zero-order valence-corrected chi connectivity index (χ0v) is 19.2. The van der Waals surface area contributed by atoms with Gasteiger partial charge in [-0.15, -0.1) is 0 Å². The summed E-state index contributed by atoms with van der Waals surface area (Å²) in [5.41, 5.74) is 3.76. The van der Waals surface area contributed by atoms with Crippen LogP contribution in [0.4, 0.5) is 0 Å². The second-order valence-electron chi connectivity index (χ2n) is 8.70. The third-order valence-electron chi connectivity index (χ3n) is 6.26. The van der Waals surface area contributed by atoms with Gasteiger partial charge in [-0.2, -0.15) is 5.26 Å². The third-order valence-corrected chi connectivity index (χ3v) is 6.26. The van der Waals surface area contributed by atoms with Crippen LogP contribution in [-0.4, -0.2) is 45.9 Å². The van der Waals surface area contributed by atoms with Crippen LogP contribution in [0.1, 0.15) is 35.2 Å². The molecule has 3 aromatic rings. The van der Waals surface area contributed by atoms with Gasteiger partial charge in [0.15, 0.2) is 0 Å². The average Bonchev–Trinajstić information content (AvgIpc) is 3.31. The van der Waals surface area contributed by atoms with Gasteiger partial charge in [0.1, 0.15) is 0 Å². The average molecular weight is 456 g/mol. The van der Waals surface area contributed by atoms with Crippen LogP contribution < -0.4 is 5.32 Å². The molecule has 1 N–H and O–H groups in total. The van der Waals surface area contributed by atoms with Crippen molar-refractivity contribution in [3.8, 4) is 6.07 Å². The summed E-state index contributed by atoms with van der Waals surface area (Å²) in [5, 5.41) is 12.0. The lowest BCUT2D eigenvalue weighted by Gasteiger charge is -2.32. The third kappa shape index (κ3) is 6.10. The Morgan fingerprint density at radius 1 is 1.09 bits per heavy atom. The number of nitriles is 1. The van der Waals surface area contributed by atoms with E-state index in [-0.39, 0.29) is 17.7 Å². The molecule has 1 aliphatic heterocycles. The Bertz CT molecular complexity index is 1150. The van der Waals surface area contributed by atoms with E-state index in [0.717, 1.165) is 29.7 Å². The highest BCUT2D eigenvalue weighted by Gasteiger charge is 2.28. The van der Waals surface area contributed by atoms with E-state index in [9.17, 15) is 9.59 Å². The molecule has 1 saturated heterocycles. The van der Waals surface area contributed by atoms with Crippen LogP contribution in [0, 0.1) is 17.2 Å². The fourth-order valence-electron chi connectivity index (χ4n) is 4.34. The molecule has 34 heavy (non-hydrogen) atoms. The zero-order valence-electron chi connectivity index (χ0n) is 19.2. The number of imidazole rings is 1. The van der Waals surface area contributed by atoms with Crippen molar-refractivity contribution in [2.75, 3.05) is 19.6 Å². The lowest BCUT2D eigenvalue weighted by molar-refractivity contribution is -0.135. The molecule has 0 saturated carbocycles. The van der Waals surface area contributed by atoms with E-state index in [1.54, 1.807) is 6.33 Å². The van der Waals surface area contributed by atoms with Gasteiger partial charge in [0.2, 0.25) is 11.8 Å². The molecule has 1 fully saturated rings. The lowest BCUT2D eigenvalue weighted by Crippen LogP contribution is -2.46. The topological polar surface area (TPSA) is 91.0 Å². The normalized spacial score (nSPS) is 15.5. The highest BCUT2D eigenvalue weighted by Crippen LogP contribution is 2.18. The van der Waals surface area contributed by atoms with E-state index in [1.165, 1.54) is 0 Å². The number of benzene rings is 2. The van der Waals surface area contributed by atoms with Crippen LogP contribution in [0.5, 0.6) is 0 Å². The summed E-state index contributed by atoms with van der Waals surface area (Å²) in [6, 6.07) is 19.4. The van der Waals surface area contributed by atoms with Crippen LogP contribution in [0.3, 0.4) is 0 Å². The fourth-order valence-corrected chi connectivity index (χ4v) is 4.34. The smallest absolute Gasteiger partial charge is 0.227 e. The maximum atomic E-state index is 12.8. The number of rotatable bonds is 8. The molecule has 1 atom stereocenters. The maximum absolute atomic E-state index is 12.8. The molecule has 4 rings (SSSR count). The Morgan fingerprint density at radius 2 is 1.88 bits per heavy atom. The van der Waals surface area contributed by atoms with Gasteiger partial charge in [-0.1, -0.05) is 42.5 Å². The van der Waals surface area contributed by atoms with Crippen molar-refractivity contribution < 1.29 is 9.59 Å². The van der Waals surface area contributed by atoms with Crippen LogP contribution in [0.15, 0.2) is 67.1 Å². The number of likely N-dealkylation sites (tertiary alicyclic amines) is 1. The summed E-state index contributed by atoms with van der Waals surface area (Å²) >= 11 is 0. The molecule has 2 amide bonds. The van der Waals surface area contributed by atoms with E-state index < -0.39 is 0 Å². The molecule has 0 aliphatic carbocycles. The minimum Gasteiger partial charge on any atom is -0.355 e. The van der Waals surface area contributed by atoms with E-state index in [4.69, 9.17) is 5.26 Å². The number of hydrogen-bond donors (Lipinski definition) is 1. The Labute approximate surface area is 200 Å². The highest BCUT2D eigenvalue weighted by atomic mass is 16.2. The van der Waals surface area contributed by atoms with Crippen LogP contribution in [-0.2, 0) is 29.0 Å². The number of amides is 2. The van der Waals surface area contributed by atoms with Gasteiger partial charge in [0, 0.05) is 44.5 Å². The van der Waals surface area contributed by atoms with Crippen molar-refractivity contribution >= 4 is 11.8 Å². The summed E-state index contributed by atoms with van der Waals surface area (Å²) in [6.07, 6.45) is 6.30. The molecule has 0 bridgehead atoms. The molecule has 1 aromatic heterocycles. The zero-order chi connectivity index (χ0) is 23.8. The van der Waals surface area contributed by atoms with Crippen molar-refractivity contribution in [2.45, 2.75) is 32.2 Å². The van der Waals surface area contributed by atoms with E-state index in [1.807, 2.05) is 65.7 Å². The molecule has 7 heteroatoms. The number of carbonyl (C=O) groups is 2. The van der Waals surface area contributed by atoms with E-state index >= 15 is 0 Å². The first-order valence-electron chi connectivity index (χ1n) is 11.7. The van der Waals surface area contributed by atoms with Crippen molar-refractivity contribution in [1.29, 1.82) is 5.26 Å². The minimum atomic E-state index is -0.169. The Morgan fingerprint density at radius 3 is 2.65 bits per heavy atom. The van der Waals surface area contributed by atoms with Crippen LogP contribution in [0.2, 0.25) is 0 Å². The lowest BCUT2D eigenvalue weighted by atomic mass is 9.96. The monoisotopic (exact) mass is 455 g/mol. The molecular formula is C27H29N5O2. The largest absolute Gasteiger partial charge is 0.355 e. The SMILES string of the molecule is N#Cc1ccc(Cn2cncc2CCNC(=O)C2CCCN(C(=O)Cc3ccccc3)C2)cc1. The van der Waals surface area contributed by atoms with Crippen molar-refractivity contribution in [3.63, 3.8) is 0 Å².